The highest BCUT2D eigenvalue weighted by atomic mass is 16.5. The number of benzene rings is 2. The summed E-state index contributed by atoms with van der Waals surface area (Å²) in [5.41, 5.74) is 2.08. The zero-order valence-electron chi connectivity index (χ0n) is 16.0. The standard InChI is InChI=1S/C22H26O5/c1-25-20-13-10-17(15-22(20)27-3)8-11-18(23)7-5-4-6-16-9-12-19(24)21(14-16)26-2/h5,7,9-10,12-15,24H,4,6,8,11H2,1-3H3/b7-5+. The molecule has 144 valence electrons. The molecule has 0 aromatic heterocycles. The van der Waals surface area contributed by atoms with Gasteiger partial charge >= 0.3 is 0 Å². The molecule has 0 aliphatic rings. The van der Waals surface area contributed by atoms with Gasteiger partial charge < -0.3 is 19.3 Å². The number of phenols is 1. The van der Waals surface area contributed by atoms with E-state index in [0.717, 1.165) is 24.0 Å². The molecule has 2 aromatic carbocycles. The van der Waals surface area contributed by atoms with Gasteiger partial charge in [-0.05, 0) is 60.7 Å². The van der Waals surface area contributed by atoms with Crippen LogP contribution in [0.2, 0.25) is 0 Å². The third-order valence-electron chi connectivity index (χ3n) is 4.26. The molecule has 0 aliphatic heterocycles. The SMILES string of the molecule is COc1cc(CC/C=C/C(=O)CCc2ccc(OC)c(OC)c2)ccc1O. The maximum Gasteiger partial charge on any atom is 0.160 e. The van der Waals surface area contributed by atoms with Crippen LogP contribution in [0.1, 0.15) is 24.0 Å². The lowest BCUT2D eigenvalue weighted by Crippen LogP contribution is -1.98. The van der Waals surface area contributed by atoms with Crippen molar-refractivity contribution in [3.8, 4) is 23.0 Å². The molecule has 0 aliphatic carbocycles. The van der Waals surface area contributed by atoms with E-state index in [1.807, 2.05) is 36.4 Å². The summed E-state index contributed by atoms with van der Waals surface area (Å²) in [6.45, 7) is 0. The fourth-order valence-corrected chi connectivity index (χ4v) is 2.73. The molecule has 0 atom stereocenters. The summed E-state index contributed by atoms with van der Waals surface area (Å²) in [4.78, 5) is 12.1. The number of hydrogen-bond acceptors (Lipinski definition) is 5. The van der Waals surface area contributed by atoms with Crippen molar-refractivity contribution >= 4 is 5.78 Å². The summed E-state index contributed by atoms with van der Waals surface area (Å²) in [5.74, 6) is 2.03. The molecule has 0 bridgehead atoms. The fraction of sp³-hybridized carbons (Fsp3) is 0.318. The van der Waals surface area contributed by atoms with Crippen molar-refractivity contribution in [1.82, 2.24) is 0 Å². The number of methoxy groups -OCH3 is 3. The number of rotatable bonds is 10. The van der Waals surface area contributed by atoms with Crippen molar-refractivity contribution in [3.05, 3.63) is 59.7 Å². The molecule has 0 radical (unpaired) electrons. The lowest BCUT2D eigenvalue weighted by atomic mass is 10.1. The van der Waals surface area contributed by atoms with E-state index >= 15 is 0 Å². The van der Waals surface area contributed by atoms with Crippen LogP contribution in [0.3, 0.4) is 0 Å². The maximum absolute atomic E-state index is 12.1. The number of carbonyl (C=O) groups excluding carboxylic acids is 1. The summed E-state index contributed by atoms with van der Waals surface area (Å²) >= 11 is 0. The lowest BCUT2D eigenvalue weighted by Gasteiger charge is -2.09. The van der Waals surface area contributed by atoms with E-state index in [1.54, 1.807) is 26.4 Å². The Morgan fingerprint density at radius 1 is 0.889 bits per heavy atom. The van der Waals surface area contributed by atoms with Crippen molar-refractivity contribution in [3.63, 3.8) is 0 Å². The van der Waals surface area contributed by atoms with E-state index in [9.17, 15) is 9.90 Å². The first-order chi connectivity index (χ1) is 13.1. The molecule has 0 saturated carbocycles. The zero-order valence-corrected chi connectivity index (χ0v) is 16.0. The molecule has 5 nitrogen and oxygen atoms in total. The minimum Gasteiger partial charge on any atom is -0.504 e. The fourth-order valence-electron chi connectivity index (χ4n) is 2.73. The number of aryl methyl sites for hydroxylation is 2. The largest absolute Gasteiger partial charge is 0.504 e. The first-order valence-electron chi connectivity index (χ1n) is 8.83. The molecule has 1 N–H and O–H groups in total. The first-order valence-corrected chi connectivity index (χ1v) is 8.83. The second-order valence-electron chi connectivity index (χ2n) is 6.10. The van der Waals surface area contributed by atoms with Crippen molar-refractivity contribution in [1.29, 1.82) is 0 Å². The van der Waals surface area contributed by atoms with Gasteiger partial charge in [0.25, 0.3) is 0 Å². The Kier molecular flexibility index (Phi) is 7.74. The van der Waals surface area contributed by atoms with Crippen LogP contribution in [0.5, 0.6) is 23.0 Å². The number of hydrogen-bond donors (Lipinski definition) is 1. The average molecular weight is 370 g/mol. The van der Waals surface area contributed by atoms with Gasteiger partial charge in [0.1, 0.15) is 0 Å². The molecule has 2 rings (SSSR count). The summed E-state index contributed by atoms with van der Waals surface area (Å²) in [7, 11) is 4.72. The number of ether oxygens (including phenoxy) is 3. The van der Waals surface area contributed by atoms with E-state index in [-0.39, 0.29) is 11.5 Å². The number of ketones is 1. The van der Waals surface area contributed by atoms with Crippen LogP contribution < -0.4 is 14.2 Å². The van der Waals surface area contributed by atoms with Crippen molar-refractivity contribution in [2.75, 3.05) is 21.3 Å². The predicted molar refractivity (Wildman–Crippen MR) is 105 cm³/mol. The molecule has 0 unspecified atom stereocenters. The number of aromatic hydroxyl groups is 1. The molecule has 27 heavy (non-hydrogen) atoms. The van der Waals surface area contributed by atoms with Gasteiger partial charge in [0, 0.05) is 6.42 Å². The highest BCUT2D eigenvalue weighted by Gasteiger charge is 2.06. The zero-order chi connectivity index (χ0) is 19.6. The van der Waals surface area contributed by atoms with Crippen molar-refractivity contribution in [2.24, 2.45) is 0 Å². The molecule has 0 heterocycles. The first kappa shape index (κ1) is 20.4. The highest BCUT2D eigenvalue weighted by molar-refractivity contribution is 5.89. The second-order valence-corrected chi connectivity index (χ2v) is 6.10. The third-order valence-corrected chi connectivity index (χ3v) is 4.26. The predicted octanol–water partition coefficient (Wildman–Crippen LogP) is 4.11. The second kappa shape index (κ2) is 10.3. The quantitative estimate of drug-likeness (QED) is 0.638. The summed E-state index contributed by atoms with van der Waals surface area (Å²) in [6, 6.07) is 11.0. The Balaban J connectivity index is 1.80. The molecule has 5 heteroatoms. The molecule has 0 amide bonds. The summed E-state index contributed by atoms with van der Waals surface area (Å²) in [6.07, 6.45) is 6.14. The van der Waals surface area contributed by atoms with Crippen LogP contribution in [0.15, 0.2) is 48.6 Å². The Morgan fingerprint density at radius 3 is 2.22 bits per heavy atom. The Labute approximate surface area is 160 Å². The molecular formula is C22H26O5. The van der Waals surface area contributed by atoms with Crippen LogP contribution in [-0.2, 0) is 17.6 Å². The maximum atomic E-state index is 12.1. The van der Waals surface area contributed by atoms with Gasteiger partial charge in [-0.1, -0.05) is 18.2 Å². The van der Waals surface area contributed by atoms with Crippen LogP contribution in [0.25, 0.3) is 0 Å². The van der Waals surface area contributed by atoms with Gasteiger partial charge in [0.2, 0.25) is 0 Å². The number of phenolic OH excluding ortho intramolecular Hbond substituents is 1. The summed E-state index contributed by atoms with van der Waals surface area (Å²) < 4.78 is 15.6. The molecular weight excluding hydrogens is 344 g/mol. The topological polar surface area (TPSA) is 65.0 Å². The molecule has 2 aromatic rings. The Morgan fingerprint density at radius 2 is 1.52 bits per heavy atom. The van der Waals surface area contributed by atoms with Gasteiger partial charge in [-0.25, -0.2) is 0 Å². The highest BCUT2D eigenvalue weighted by Crippen LogP contribution is 2.28. The van der Waals surface area contributed by atoms with E-state index in [4.69, 9.17) is 14.2 Å². The normalized spacial score (nSPS) is 10.8. The monoisotopic (exact) mass is 370 g/mol. The van der Waals surface area contributed by atoms with Gasteiger partial charge in [0.05, 0.1) is 21.3 Å². The van der Waals surface area contributed by atoms with Gasteiger partial charge in [-0.3, -0.25) is 4.79 Å². The minimum atomic E-state index is 0.0908. The molecule has 0 saturated heterocycles. The Bertz CT molecular complexity index is 795. The van der Waals surface area contributed by atoms with Crippen LogP contribution in [0.4, 0.5) is 0 Å². The van der Waals surface area contributed by atoms with E-state index < -0.39 is 0 Å². The third kappa shape index (κ3) is 6.06. The number of carbonyl (C=O) groups is 1. The van der Waals surface area contributed by atoms with Crippen molar-refractivity contribution < 1.29 is 24.1 Å². The van der Waals surface area contributed by atoms with Gasteiger partial charge in [-0.15, -0.1) is 0 Å². The molecule has 0 fully saturated rings. The van der Waals surface area contributed by atoms with Gasteiger partial charge in [-0.2, -0.15) is 0 Å². The summed E-state index contributed by atoms with van der Waals surface area (Å²) in [5, 5.41) is 9.60. The van der Waals surface area contributed by atoms with Crippen LogP contribution in [0, 0.1) is 0 Å². The molecule has 0 spiro atoms. The smallest absolute Gasteiger partial charge is 0.160 e. The number of allylic oxidation sites excluding steroid dienone is 2. The lowest BCUT2D eigenvalue weighted by molar-refractivity contribution is -0.114. The van der Waals surface area contributed by atoms with Crippen LogP contribution in [-0.4, -0.2) is 32.2 Å². The van der Waals surface area contributed by atoms with Gasteiger partial charge in [0.15, 0.2) is 28.8 Å². The van der Waals surface area contributed by atoms with Crippen molar-refractivity contribution in [2.45, 2.75) is 25.7 Å². The van der Waals surface area contributed by atoms with E-state index in [1.165, 1.54) is 7.11 Å². The average Bonchev–Trinajstić information content (AvgIpc) is 2.70. The minimum absolute atomic E-state index is 0.0908. The van der Waals surface area contributed by atoms with Crippen LogP contribution >= 0.6 is 0 Å². The van der Waals surface area contributed by atoms with E-state index in [2.05, 4.69) is 0 Å². The van der Waals surface area contributed by atoms with E-state index in [0.29, 0.717) is 30.1 Å². The Hall–Kier alpha value is -2.95.